The summed E-state index contributed by atoms with van der Waals surface area (Å²) in [5, 5.41) is 0. The fraction of sp³-hybridized carbons (Fsp3) is 0.500. The number of rotatable bonds is 6. The molecule has 0 unspecified atom stereocenters. The summed E-state index contributed by atoms with van der Waals surface area (Å²) in [4.78, 5) is 0.327. The van der Waals surface area contributed by atoms with Crippen LogP contribution in [0.1, 0.15) is 18.9 Å². The van der Waals surface area contributed by atoms with Gasteiger partial charge in [-0.1, -0.05) is 25.5 Å². The molecule has 1 aromatic rings. The molecule has 0 aromatic heterocycles. The zero-order valence-electron chi connectivity index (χ0n) is 10.4. The Kier molecular flexibility index (Phi) is 5.11. The van der Waals surface area contributed by atoms with Gasteiger partial charge in [-0.15, -0.1) is 0 Å². The van der Waals surface area contributed by atoms with E-state index in [1.165, 1.54) is 4.31 Å². The van der Waals surface area contributed by atoms with E-state index in [0.29, 0.717) is 18.0 Å². The molecular formula is C12H20N2O2S. The molecule has 0 saturated heterocycles. The fourth-order valence-corrected chi connectivity index (χ4v) is 2.78. The predicted octanol–water partition coefficient (Wildman–Crippen LogP) is 1.22. The van der Waals surface area contributed by atoms with Crippen LogP contribution in [0.3, 0.4) is 0 Å². The maximum atomic E-state index is 12.1. The average Bonchev–Trinajstić information content (AvgIpc) is 2.30. The van der Waals surface area contributed by atoms with E-state index in [0.717, 1.165) is 18.4 Å². The van der Waals surface area contributed by atoms with Gasteiger partial charge in [0.15, 0.2) is 0 Å². The molecule has 96 valence electrons. The van der Waals surface area contributed by atoms with E-state index >= 15 is 0 Å². The molecule has 5 heteroatoms. The summed E-state index contributed by atoms with van der Waals surface area (Å²) in [5.41, 5.74) is 6.52. The van der Waals surface area contributed by atoms with Gasteiger partial charge in [0.05, 0.1) is 4.90 Å². The van der Waals surface area contributed by atoms with Crippen LogP contribution >= 0.6 is 0 Å². The van der Waals surface area contributed by atoms with Crippen molar-refractivity contribution in [3.63, 3.8) is 0 Å². The van der Waals surface area contributed by atoms with E-state index in [9.17, 15) is 8.42 Å². The molecule has 4 nitrogen and oxygen atoms in total. The molecule has 0 aliphatic heterocycles. The second kappa shape index (κ2) is 6.14. The Labute approximate surface area is 103 Å². The van der Waals surface area contributed by atoms with Crippen LogP contribution in [0.4, 0.5) is 0 Å². The summed E-state index contributed by atoms with van der Waals surface area (Å²) >= 11 is 0. The summed E-state index contributed by atoms with van der Waals surface area (Å²) in [6.07, 6.45) is 2.03. The summed E-state index contributed by atoms with van der Waals surface area (Å²) in [5.74, 6) is 0. The molecule has 0 atom stereocenters. The Balaban J connectivity index is 2.92. The van der Waals surface area contributed by atoms with Crippen LogP contribution in [0, 0.1) is 0 Å². The van der Waals surface area contributed by atoms with Crippen LogP contribution in [0.5, 0.6) is 0 Å². The Morgan fingerprint density at radius 2 is 1.82 bits per heavy atom. The minimum atomic E-state index is -3.38. The molecule has 2 N–H and O–H groups in total. The molecule has 0 aliphatic carbocycles. The number of hydrogen-bond acceptors (Lipinski definition) is 3. The zero-order chi connectivity index (χ0) is 12.9. The SMILES string of the molecule is CCCc1ccc(S(=O)(=O)N(C)CCN)cc1. The summed E-state index contributed by atoms with van der Waals surface area (Å²) < 4.78 is 25.4. The number of benzene rings is 1. The van der Waals surface area contributed by atoms with Gasteiger partial charge in [0.25, 0.3) is 0 Å². The lowest BCUT2D eigenvalue weighted by molar-refractivity contribution is 0.476. The Bertz CT molecular complexity index is 440. The molecule has 17 heavy (non-hydrogen) atoms. The van der Waals surface area contributed by atoms with Crippen molar-refractivity contribution in [3.8, 4) is 0 Å². The Morgan fingerprint density at radius 3 is 2.29 bits per heavy atom. The Hall–Kier alpha value is -0.910. The number of likely N-dealkylation sites (N-methyl/N-ethyl adjacent to an activating group) is 1. The van der Waals surface area contributed by atoms with Crippen molar-refractivity contribution in [1.29, 1.82) is 0 Å². The fourth-order valence-electron chi connectivity index (χ4n) is 1.60. The van der Waals surface area contributed by atoms with Crippen molar-refractivity contribution in [2.45, 2.75) is 24.7 Å². The van der Waals surface area contributed by atoms with Crippen molar-refractivity contribution >= 4 is 10.0 Å². The topological polar surface area (TPSA) is 63.4 Å². The molecule has 0 heterocycles. The molecular weight excluding hydrogens is 236 g/mol. The van der Waals surface area contributed by atoms with E-state index in [-0.39, 0.29) is 0 Å². The van der Waals surface area contributed by atoms with Crippen LogP contribution < -0.4 is 5.73 Å². The largest absolute Gasteiger partial charge is 0.329 e. The smallest absolute Gasteiger partial charge is 0.242 e. The lowest BCUT2D eigenvalue weighted by Crippen LogP contribution is -2.31. The second-order valence-electron chi connectivity index (χ2n) is 4.01. The van der Waals surface area contributed by atoms with Crippen LogP contribution in [-0.2, 0) is 16.4 Å². The Morgan fingerprint density at radius 1 is 1.24 bits per heavy atom. The van der Waals surface area contributed by atoms with E-state index in [1.807, 2.05) is 12.1 Å². The lowest BCUT2D eigenvalue weighted by atomic mass is 10.1. The molecule has 0 aliphatic rings. The first-order valence-corrected chi connectivity index (χ1v) is 7.21. The van der Waals surface area contributed by atoms with Gasteiger partial charge < -0.3 is 5.73 Å². The highest BCUT2D eigenvalue weighted by molar-refractivity contribution is 7.89. The first-order chi connectivity index (χ1) is 8.02. The number of hydrogen-bond donors (Lipinski definition) is 1. The van der Waals surface area contributed by atoms with Crippen molar-refractivity contribution in [2.75, 3.05) is 20.1 Å². The number of sulfonamides is 1. The monoisotopic (exact) mass is 256 g/mol. The number of aryl methyl sites for hydroxylation is 1. The van der Waals surface area contributed by atoms with Crippen LogP contribution in [0.25, 0.3) is 0 Å². The van der Waals surface area contributed by atoms with Crippen molar-refractivity contribution < 1.29 is 8.42 Å². The summed E-state index contributed by atoms with van der Waals surface area (Å²) in [6.45, 7) is 2.75. The van der Waals surface area contributed by atoms with Gasteiger partial charge in [0.1, 0.15) is 0 Å². The maximum Gasteiger partial charge on any atom is 0.242 e. The highest BCUT2D eigenvalue weighted by atomic mass is 32.2. The molecule has 0 saturated carbocycles. The van der Waals surface area contributed by atoms with Crippen LogP contribution in [-0.4, -0.2) is 32.9 Å². The number of nitrogens with zero attached hydrogens (tertiary/aromatic N) is 1. The van der Waals surface area contributed by atoms with Crippen LogP contribution in [0.2, 0.25) is 0 Å². The average molecular weight is 256 g/mol. The standard InChI is InChI=1S/C12H20N2O2S/c1-3-4-11-5-7-12(8-6-11)17(15,16)14(2)10-9-13/h5-8H,3-4,9-10,13H2,1-2H3. The minimum Gasteiger partial charge on any atom is -0.329 e. The van der Waals surface area contributed by atoms with Gasteiger partial charge in [0, 0.05) is 20.1 Å². The van der Waals surface area contributed by atoms with Crippen LogP contribution in [0.15, 0.2) is 29.2 Å². The van der Waals surface area contributed by atoms with E-state index in [1.54, 1.807) is 19.2 Å². The minimum absolute atomic E-state index is 0.323. The molecule has 0 radical (unpaired) electrons. The van der Waals surface area contributed by atoms with Gasteiger partial charge in [-0.05, 0) is 24.1 Å². The van der Waals surface area contributed by atoms with Gasteiger partial charge in [0.2, 0.25) is 10.0 Å². The van der Waals surface area contributed by atoms with E-state index < -0.39 is 10.0 Å². The predicted molar refractivity (Wildman–Crippen MR) is 69.3 cm³/mol. The molecule has 1 rings (SSSR count). The van der Waals surface area contributed by atoms with Crippen molar-refractivity contribution in [3.05, 3.63) is 29.8 Å². The second-order valence-corrected chi connectivity index (χ2v) is 6.05. The zero-order valence-corrected chi connectivity index (χ0v) is 11.2. The van der Waals surface area contributed by atoms with E-state index in [4.69, 9.17) is 5.73 Å². The summed E-state index contributed by atoms with van der Waals surface area (Å²) in [6, 6.07) is 7.06. The first kappa shape index (κ1) is 14.2. The summed E-state index contributed by atoms with van der Waals surface area (Å²) in [7, 11) is -1.84. The highest BCUT2D eigenvalue weighted by Gasteiger charge is 2.19. The van der Waals surface area contributed by atoms with E-state index in [2.05, 4.69) is 6.92 Å². The first-order valence-electron chi connectivity index (χ1n) is 5.77. The third-order valence-corrected chi connectivity index (χ3v) is 4.49. The molecule has 0 bridgehead atoms. The van der Waals surface area contributed by atoms with Gasteiger partial charge in [-0.25, -0.2) is 8.42 Å². The van der Waals surface area contributed by atoms with Gasteiger partial charge in [-0.2, -0.15) is 4.31 Å². The highest BCUT2D eigenvalue weighted by Crippen LogP contribution is 2.15. The third kappa shape index (κ3) is 3.52. The maximum absolute atomic E-state index is 12.1. The molecule has 1 aromatic carbocycles. The molecule has 0 spiro atoms. The number of nitrogens with two attached hydrogens (primary N) is 1. The normalized spacial score (nSPS) is 12.0. The van der Waals surface area contributed by atoms with Gasteiger partial charge >= 0.3 is 0 Å². The lowest BCUT2D eigenvalue weighted by Gasteiger charge is -2.16. The quantitative estimate of drug-likeness (QED) is 0.832. The molecule has 0 fully saturated rings. The third-order valence-electron chi connectivity index (χ3n) is 2.61. The van der Waals surface area contributed by atoms with Gasteiger partial charge in [-0.3, -0.25) is 0 Å². The van der Waals surface area contributed by atoms with Crippen molar-refractivity contribution in [1.82, 2.24) is 4.31 Å². The van der Waals surface area contributed by atoms with Crippen molar-refractivity contribution in [2.24, 2.45) is 5.73 Å². The molecule has 0 amide bonds.